The maximum atomic E-state index is 13.4. The minimum atomic E-state index is -2.75. The van der Waals surface area contributed by atoms with Crippen molar-refractivity contribution in [1.82, 2.24) is 0 Å². The molecular weight excluding hydrogens is 398 g/mol. The molecule has 2 rings (SSSR count). The van der Waals surface area contributed by atoms with Gasteiger partial charge in [0, 0.05) is 22.9 Å². The Morgan fingerprint density at radius 1 is 1.32 bits per heavy atom. The first-order valence-electron chi connectivity index (χ1n) is 7.56. The van der Waals surface area contributed by atoms with Crippen LogP contribution in [0.3, 0.4) is 0 Å². The van der Waals surface area contributed by atoms with E-state index in [1.54, 1.807) is 6.92 Å². The molecule has 0 aromatic heterocycles. The predicted octanol–water partition coefficient (Wildman–Crippen LogP) is 4.25. The lowest BCUT2D eigenvalue weighted by Gasteiger charge is -2.33. The predicted molar refractivity (Wildman–Crippen MR) is 92.3 cm³/mol. The van der Waals surface area contributed by atoms with E-state index >= 15 is 0 Å². The lowest BCUT2D eigenvalue weighted by atomic mass is 9.69. The van der Waals surface area contributed by atoms with E-state index in [0.29, 0.717) is 10.9 Å². The Labute approximate surface area is 152 Å². The summed E-state index contributed by atoms with van der Waals surface area (Å²) in [6.07, 6.45) is 0.0165. The molecule has 0 amide bonds. The topological polar surface area (TPSA) is 74.6 Å². The van der Waals surface area contributed by atoms with E-state index in [0.717, 1.165) is 0 Å². The van der Waals surface area contributed by atoms with Crippen molar-refractivity contribution in [3.63, 3.8) is 0 Å². The zero-order valence-corrected chi connectivity index (χ0v) is 15.0. The molecule has 134 valence electrons. The Kier molecular flexibility index (Phi) is 5.77. The van der Waals surface area contributed by atoms with Crippen LogP contribution < -0.4 is 0 Å². The van der Waals surface area contributed by atoms with Crippen molar-refractivity contribution in [3.05, 3.63) is 58.2 Å². The summed E-state index contributed by atoms with van der Waals surface area (Å²) in [4.78, 5) is 23.6. The zero-order valence-electron chi connectivity index (χ0n) is 13.4. The maximum Gasteiger partial charge on any atom is 0.331 e. The van der Waals surface area contributed by atoms with Gasteiger partial charge in [0.05, 0.1) is 0 Å². The second kappa shape index (κ2) is 7.47. The summed E-state index contributed by atoms with van der Waals surface area (Å²) in [6.45, 7) is 1.58. The lowest BCUT2D eigenvalue weighted by molar-refractivity contribution is -0.142. The fraction of sp³-hybridized carbons (Fsp3) is 0.333. The standard InChI is InChI=1S/C18H17BrF2O4/c1-10-5-7-18(17(24)25,9-13(10)16(22)23)14-4-2-3-12(15(20)21)11(14)6-8-19/h2-5,7,15H,6,8-9H2,1H3,(H,22,23)(H,24,25). The summed E-state index contributed by atoms with van der Waals surface area (Å²) in [5.41, 5.74) is -1.04. The Morgan fingerprint density at radius 3 is 2.52 bits per heavy atom. The first kappa shape index (κ1) is 19.3. The van der Waals surface area contributed by atoms with Gasteiger partial charge in [-0.15, -0.1) is 0 Å². The Hall–Kier alpha value is -2.02. The second-order valence-electron chi connectivity index (χ2n) is 5.87. The number of carboxylic acid groups (broad SMARTS) is 2. The van der Waals surface area contributed by atoms with Gasteiger partial charge < -0.3 is 10.2 Å². The molecule has 0 saturated carbocycles. The summed E-state index contributed by atoms with van der Waals surface area (Å²) in [5, 5.41) is 19.6. The second-order valence-corrected chi connectivity index (χ2v) is 6.66. The molecule has 0 aliphatic heterocycles. The molecule has 1 aliphatic carbocycles. The van der Waals surface area contributed by atoms with Crippen LogP contribution in [0, 0.1) is 0 Å². The quantitative estimate of drug-likeness (QED) is 0.682. The van der Waals surface area contributed by atoms with Gasteiger partial charge >= 0.3 is 11.9 Å². The molecule has 1 atom stereocenters. The van der Waals surface area contributed by atoms with Gasteiger partial charge in [-0.25, -0.2) is 13.6 Å². The van der Waals surface area contributed by atoms with Gasteiger partial charge in [-0.2, -0.15) is 0 Å². The summed E-state index contributed by atoms with van der Waals surface area (Å²) in [6, 6.07) is 4.15. The number of carboxylic acids is 2. The molecule has 7 heteroatoms. The van der Waals surface area contributed by atoms with Gasteiger partial charge in [0.1, 0.15) is 5.41 Å². The highest BCUT2D eigenvalue weighted by Gasteiger charge is 2.44. The number of rotatable bonds is 6. The minimum absolute atomic E-state index is 0.0304. The molecule has 0 fully saturated rings. The number of hydrogen-bond donors (Lipinski definition) is 2. The van der Waals surface area contributed by atoms with E-state index in [-0.39, 0.29) is 35.1 Å². The van der Waals surface area contributed by atoms with Crippen LogP contribution in [0.15, 0.2) is 41.5 Å². The van der Waals surface area contributed by atoms with Crippen LogP contribution in [0.2, 0.25) is 0 Å². The third-order valence-electron chi connectivity index (χ3n) is 4.46. The monoisotopic (exact) mass is 414 g/mol. The van der Waals surface area contributed by atoms with Crippen molar-refractivity contribution in [2.75, 3.05) is 5.33 Å². The summed E-state index contributed by atoms with van der Waals surface area (Å²) in [7, 11) is 0. The number of aliphatic carboxylic acids is 2. The normalized spacial score (nSPS) is 20.2. The lowest BCUT2D eigenvalue weighted by Crippen LogP contribution is -2.38. The van der Waals surface area contributed by atoms with Crippen LogP contribution in [0.25, 0.3) is 0 Å². The van der Waals surface area contributed by atoms with E-state index < -0.39 is 23.8 Å². The van der Waals surface area contributed by atoms with Crippen LogP contribution >= 0.6 is 15.9 Å². The first-order valence-corrected chi connectivity index (χ1v) is 8.68. The summed E-state index contributed by atoms with van der Waals surface area (Å²) >= 11 is 3.21. The first-order chi connectivity index (χ1) is 11.7. The van der Waals surface area contributed by atoms with Crippen molar-refractivity contribution >= 4 is 27.9 Å². The van der Waals surface area contributed by atoms with Crippen molar-refractivity contribution in [1.29, 1.82) is 0 Å². The van der Waals surface area contributed by atoms with Crippen molar-refractivity contribution in [2.24, 2.45) is 0 Å². The number of allylic oxidation sites excluding steroid dienone is 2. The Bertz CT molecular complexity index is 770. The van der Waals surface area contributed by atoms with E-state index in [1.807, 2.05) is 0 Å². The number of benzene rings is 1. The zero-order chi connectivity index (χ0) is 18.8. The largest absolute Gasteiger partial charge is 0.480 e. The summed E-state index contributed by atoms with van der Waals surface area (Å²) < 4.78 is 26.8. The highest BCUT2D eigenvalue weighted by molar-refractivity contribution is 9.09. The fourth-order valence-electron chi connectivity index (χ4n) is 3.14. The average Bonchev–Trinajstić information content (AvgIpc) is 2.55. The number of carbonyl (C=O) groups is 2. The molecule has 25 heavy (non-hydrogen) atoms. The van der Waals surface area contributed by atoms with Crippen molar-refractivity contribution < 1.29 is 28.6 Å². The van der Waals surface area contributed by atoms with Gasteiger partial charge in [-0.3, -0.25) is 4.79 Å². The molecule has 4 nitrogen and oxygen atoms in total. The molecule has 0 heterocycles. The van der Waals surface area contributed by atoms with E-state index in [9.17, 15) is 28.6 Å². The molecule has 0 saturated heterocycles. The van der Waals surface area contributed by atoms with Gasteiger partial charge in [0.2, 0.25) is 0 Å². The highest BCUT2D eigenvalue weighted by atomic mass is 79.9. The summed E-state index contributed by atoms with van der Waals surface area (Å²) in [5.74, 6) is -2.48. The van der Waals surface area contributed by atoms with Crippen LogP contribution in [-0.2, 0) is 21.4 Å². The average molecular weight is 415 g/mol. The molecule has 1 unspecified atom stereocenters. The van der Waals surface area contributed by atoms with Gasteiger partial charge in [0.15, 0.2) is 0 Å². The number of alkyl halides is 3. The third-order valence-corrected chi connectivity index (χ3v) is 4.86. The van der Waals surface area contributed by atoms with Crippen LogP contribution in [0.1, 0.15) is 36.5 Å². The van der Waals surface area contributed by atoms with E-state index in [2.05, 4.69) is 15.9 Å². The molecule has 1 aromatic carbocycles. The minimum Gasteiger partial charge on any atom is -0.480 e. The molecular formula is C18H17BrF2O4. The molecule has 0 spiro atoms. The van der Waals surface area contributed by atoms with Crippen molar-refractivity contribution in [2.45, 2.75) is 31.6 Å². The number of halogens is 3. The van der Waals surface area contributed by atoms with Crippen LogP contribution in [-0.4, -0.2) is 27.5 Å². The van der Waals surface area contributed by atoms with Gasteiger partial charge in [-0.05, 0) is 30.0 Å². The molecule has 0 bridgehead atoms. The number of hydrogen-bond acceptors (Lipinski definition) is 2. The van der Waals surface area contributed by atoms with Crippen LogP contribution in [0.5, 0.6) is 0 Å². The van der Waals surface area contributed by atoms with Gasteiger partial charge in [0.25, 0.3) is 6.43 Å². The third kappa shape index (κ3) is 3.51. The Morgan fingerprint density at radius 2 is 2.00 bits per heavy atom. The SMILES string of the molecule is CC1=C(C(=O)O)CC(C(=O)O)(c2cccc(C(F)F)c2CCBr)C=C1. The maximum absolute atomic E-state index is 13.4. The fourth-order valence-corrected chi connectivity index (χ4v) is 3.53. The molecule has 1 aromatic rings. The molecule has 0 radical (unpaired) electrons. The van der Waals surface area contributed by atoms with Crippen molar-refractivity contribution in [3.8, 4) is 0 Å². The van der Waals surface area contributed by atoms with Gasteiger partial charge in [-0.1, -0.05) is 46.3 Å². The smallest absolute Gasteiger partial charge is 0.331 e. The van der Waals surface area contributed by atoms with Crippen LogP contribution in [0.4, 0.5) is 8.78 Å². The highest BCUT2D eigenvalue weighted by Crippen LogP contribution is 2.42. The molecule has 2 N–H and O–H groups in total. The molecule has 1 aliphatic rings. The van der Waals surface area contributed by atoms with E-state index in [1.165, 1.54) is 30.4 Å². The van der Waals surface area contributed by atoms with E-state index in [4.69, 9.17) is 0 Å². The Balaban J connectivity index is 2.72.